The van der Waals surface area contributed by atoms with Gasteiger partial charge in [0.25, 0.3) is 0 Å². The maximum atomic E-state index is 12.1. The van der Waals surface area contributed by atoms with Gasteiger partial charge in [0, 0.05) is 32.4 Å². The summed E-state index contributed by atoms with van der Waals surface area (Å²) in [5, 5.41) is 26.8. The Morgan fingerprint density at radius 2 is 0.796 bits per heavy atom. The molecule has 0 saturated carbocycles. The van der Waals surface area contributed by atoms with E-state index >= 15 is 0 Å². The summed E-state index contributed by atoms with van der Waals surface area (Å²) in [6.45, 7) is 2.86. The van der Waals surface area contributed by atoms with Crippen molar-refractivity contribution in [2.75, 3.05) is 0 Å². The van der Waals surface area contributed by atoms with Crippen molar-refractivity contribution in [1.82, 2.24) is 24.9 Å². The average Bonchev–Trinajstić information content (AvgIpc) is 3.05. The van der Waals surface area contributed by atoms with Gasteiger partial charge in [-0.2, -0.15) is 10.5 Å². The Bertz CT molecular complexity index is 1620. The smallest absolute Gasteiger partial charge is 0.372 e. The summed E-state index contributed by atoms with van der Waals surface area (Å²) in [7, 11) is -9.89. The summed E-state index contributed by atoms with van der Waals surface area (Å²) in [5.41, 5.74) is 2.31. The molecule has 5 aromatic heterocycles. The topological polar surface area (TPSA) is 317 Å². The third-order valence-corrected chi connectivity index (χ3v) is 5.13. The van der Waals surface area contributed by atoms with E-state index in [0.717, 1.165) is 0 Å². The zero-order valence-electron chi connectivity index (χ0n) is 25.3. The van der Waals surface area contributed by atoms with Crippen LogP contribution in [0.1, 0.15) is 30.9 Å². The van der Waals surface area contributed by atoms with Gasteiger partial charge >= 0.3 is 17.1 Å². The minimum absolute atomic E-state index is 0. The molecule has 256 valence electrons. The van der Waals surface area contributed by atoms with Crippen molar-refractivity contribution < 1.29 is 79.9 Å². The van der Waals surface area contributed by atoms with Crippen molar-refractivity contribution in [2.45, 2.75) is 19.4 Å². The summed E-state index contributed by atoms with van der Waals surface area (Å²) in [4.78, 5) is 22.7. The normalized spacial score (nSPS) is 10.1. The van der Waals surface area contributed by atoms with Crippen LogP contribution in [-0.2, 0) is 22.7 Å². The van der Waals surface area contributed by atoms with Crippen LogP contribution in [0.5, 0.6) is 0 Å². The SMILES string of the molecule is CC#N.CC#N.OC(c1ccccn1)(c1cccc(-c2ccccn2)n1)c1cccc(-c2ccccn2)n1.[Fe+2].[O-][Cl+3]([O-])([O-])[O-].[O-][Cl+3]([O-])([O-])[O-]. The Morgan fingerprint density at radius 3 is 1.08 bits per heavy atom. The zero-order chi connectivity index (χ0) is 36.2. The van der Waals surface area contributed by atoms with Gasteiger partial charge in [-0.05, 0) is 60.7 Å². The first kappa shape index (κ1) is 44.5. The van der Waals surface area contributed by atoms with Crippen LogP contribution < -0.4 is 37.3 Å². The number of hydrogen-bond acceptors (Lipinski definition) is 16. The van der Waals surface area contributed by atoms with Gasteiger partial charge in [-0.15, -0.1) is 20.5 Å². The summed E-state index contributed by atoms with van der Waals surface area (Å²) in [6, 6.07) is 31.2. The van der Waals surface area contributed by atoms with E-state index in [-0.39, 0.29) is 17.1 Å². The summed E-state index contributed by atoms with van der Waals surface area (Å²) < 4.78 is 67.9. The predicted molar refractivity (Wildman–Crippen MR) is 144 cm³/mol. The van der Waals surface area contributed by atoms with E-state index in [2.05, 4.69) is 15.0 Å². The van der Waals surface area contributed by atoms with Gasteiger partial charge in [0.15, 0.2) is 5.60 Å². The third-order valence-electron chi connectivity index (χ3n) is 5.13. The summed E-state index contributed by atoms with van der Waals surface area (Å²) in [6.07, 6.45) is 5.07. The fourth-order valence-electron chi connectivity index (χ4n) is 3.56. The number of pyridine rings is 5. The molecule has 0 unspecified atom stereocenters. The van der Waals surface area contributed by atoms with Gasteiger partial charge in [0.2, 0.25) is 0 Å². The van der Waals surface area contributed by atoms with E-state index in [1.165, 1.54) is 13.8 Å². The van der Waals surface area contributed by atoms with Crippen LogP contribution in [0.3, 0.4) is 0 Å². The van der Waals surface area contributed by atoms with Crippen LogP contribution >= 0.6 is 0 Å². The summed E-state index contributed by atoms with van der Waals surface area (Å²) >= 11 is 0. The van der Waals surface area contributed by atoms with Crippen LogP contribution in [0.25, 0.3) is 22.8 Å². The first-order valence-electron chi connectivity index (χ1n) is 12.8. The van der Waals surface area contributed by atoms with Gasteiger partial charge in [0.1, 0.15) is 0 Å². The maximum Gasteiger partial charge on any atom is 2.00 e. The van der Waals surface area contributed by atoms with Crippen molar-refractivity contribution in [3.05, 3.63) is 127 Å². The van der Waals surface area contributed by atoms with Gasteiger partial charge < -0.3 is 5.11 Å². The molecule has 49 heavy (non-hydrogen) atoms. The van der Waals surface area contributed by atoms with E-state index in [0.29, 0.717) is 39.9 Å². The van der Waals surface area contributed by atoms with Crippen LogP contribution in [0.15, 0.2) is 110 Å². The number of aliphatic hydroxyl groups is 1. The number of hydrogen-bond donors (Lipinski definition) is 1. The van der Waals surface area contributed by atoms with Crippen LogP contribution in [-0.4, -0.2) is 30.0 Å². The Hall–Kier alpha value is -4.53. The molecule has 0 saturated heterocycles. The van der Waals surface area contributed by atoms with Crippen molar-refractivity contribution in [1.29, 1.82) is 10.5 Å². The Labute approximate surface area is 295 Å². The molecule has 0 aliphatic carbocycles. The van der Waals surface area contributed by atoms with Crippen LogP contribution in [0, 0.1) is 43.1 Å². The molecule has 5 heterocycles. The maximum absolute atomic E-state index is 12.1. The second-order valence-corrected chi connectivity index (χ2v) is 9.89. The molecular formula is C30H25Cl2FeN7O9. The predicted octanol–water partition coefficient (Wildman–Crippen LogP) is -4.17. The molecule has 0 fully saturated rings. The zero-order valence-corrected chi connectivity index (χ0v) is 28.0. The molecule has 0 amide bonds. The minimum atomic E-state index is -4.94. The molecule has 0 aromatic carbocycles. The number of rotatable bonds is 5. The number of nitrogens with zero attached hydrogens (tertiary/aromatic N) is 7. The van der Waals surface area contributed by atoms with Crippen molar-refractivity contribution >= 4 is 0 Å². The second-order valence-electron chi connectivity index (χ2n) is 8.37. The third kappa shape index (κ3) is 17.4. The molecule has 19 heteroatoms. The molecule has 0 spiro atoms. The standard InChI is InChI=1S/C26H19N5O.2C2H3N.2ClHO4.Fe/c32-26(23-13-3-6-18-29-23,24-14-7-11-21(30-24)19-9-1-4-16-27-19)25-15-8-12-22(31-25)20-10-2-5-17-28-20;2*1-2-3;2*2-1(3,4)5;/h1-18,32H;2*1H3;2*(H,2,3,4,5);/q;;;;;+2/p-2. The average molecular weight is 754 g/mol. The Morgan fingerprint density at radius 1 is 0.510 bits per heavy atom. The molecule has 5 aromatic rings. The largest absolute Gasteiger partial charge is 2.00 e. The molecule has 0 aliphatic heterocycles. The Kier molecular flexibility index (Phi) is 20.1. The fourth-order valence-corrected chi connectivity index (χ4v) is 3.56. The van der Waals surface area contributed by atoms with Gasteiger partial charge in [0.05, 0.1) is 52.0 Å². The van der Waals surface area contributed by atoms with Crippen molar-refractivity contribution in [2.24, 2.45) is 0 Å². The van der Waals surface area contributed by atoms with E-state index in [1.54, 1.807) is 55.0 Å². The quantitative estimate of drug-likeness (QED) is 0.166. The Balaban J connectivity index is 0.00000115. The van der Waals surface area contributed by atoms with E-state index < -0.39 is 26.1 Å². The van der Waals surface area contributed by atoms with Crippen molar-refractivity contribution in [3.8, 4) is 34.9 Å². The second kappa shape index (κ2) is 22.2. The molecule has 16 nitrogen and oxygen atoms in total. The number of nitriles is 2. The summed E-state index contributed by atoms with van der Waals surface area (Å²) in [5.74, 6) is 0. The van der Waals surface area contributed by atoms with E-state index in [9.17, 15) is 5.11 Å². The molecular weight excluding hydrogens is 729 g/mol. The molecule has 0 radical (unpaired) electrons. The molecule has 5 rings (SSSR count). The van der Waals surface area contributed by atoms with Crippen molar-refractivity contribution in [3.63, 3.8) is 0 Å². The molecule has 0 atom stereocenters. The van der Waals surface area contributed by atoms with Gasteiger partial charge in [-0.1, -0.05) is 30.3 Å². The first-order chi connectivity index (χ1) is 22.6. The monoisotopic (exact) mass is 753 g/mol. The molecule has 1 N–H and O–H groups in total. The number of halogens is 2. The number of aromatic nitrogens is 5. The van der Waals surface area contributed by atoms with E-state index in [4.69, 9.17) is 57.8 Å². The van der Waals surface area contributed by atoms with Crippen LogP contribution in [0.2, 0.25) is 0 Å². The van der Waals surface area contributed by atoms with E-state index in [1.807, 2.05) is 66.7 Å². The molecule has 0 aliphatic rings. The van der Waals surface area contributed by atoms with Crippen LogP contribution in [0.4, 0.5) is 0 Å². The fraction of sp³-hybridized carbons (Fsp3) is 0.100. The minimum Gasteiger partial charge on any atom is -0.372 e. The first-order valence-corrected chi connectivity index (χ1v) is 15.3. The molecule has 0 bridgehead atoms. The van der Waals surface area contributed by atoms with Gasteiger partial charge in [-0.25, -0.2) is 47.2 Å². The van der Waals surface area contributed by atoms with Gasteiger partial charge in [-0.3, -0.25) is 15.0 Å².